The average Bonchev–Trinajstić information content (AvgIpc) is 2.52. The van der Waals surface area contributed by atoms with Crippen LogP contribution in [-0.4, -0.2) is 18.2 Å². The van der Waals surface area contributed by atoms with Crippen molar-refractivity contribution >= 4 is 46.3 Å². The summed E-state index contributed by atoms with van der Waals surface area (Å²) in [6.45, 7) is 1.88. The molecule has 2 rings (SSSR count). The number of nitrogens with one attached hydrogen (secondary N) is 2. The number of methoxy groups -OCH3 is 1. The van der Waals surface area contributed by atoms with Crippen LogP contribution in [0.25, 0.3) is 0 Å². The summed E-state index contributed by atoms with van der Waals surface area (Å²) in [5.74, 6) is -0.935. The maximum Gasteiger partial charge on any atom is 0.337 e. The van der Waals surface area contributed by atoms with Gasteiger partial charge in [0.15, 0.2) is 5.11 Å². The van der Waals surface area contributed by atoms with Gasteiger partial charge in [0.05, 0.1) is 17.7 Å². The van der Waals surface area contributed by atoms with Gasteiger partial charge in [0.2, 0.25) is 0 Å². The lowest BCUT2D eigenvalue weighted by Crippen LogP contribution is -2.20. The number of carbonyl (C=O) groups is 1. The molecular formula is C16H14ClFN2O2S. The fourth-order valence-electron chi connectivity index (χ4n) is 1.86. The Morgan fingerprint density at radius 2 is 1.96 bits per heavy atom. The van der Waals surface area contributed by atoms with Crippen molar-refractivity contribution in [2.45, 2.75) is 6.92 Å². The summed E-state index contributed by atoms with van der Waals surface area (Å²) in [4.78, 5) is 11.6. The Labute approximate surface area is 143 Å². The van der Waals surface area contributed by atoms with E-state index in [2.05, 4.69) is 10.6 Å². The van der Waals surface area contributed by atoms with Crippen molar-refractivity contribution in [3.05, 3.63) is 58.4 Å². The fraction of sp³-hybridized carbons (Fsp3) is 0.125. The van der Waals surface area contributed by atoms with E-state index in [1.807, 2.05) is 6.92 Å². The SMILES string of the molecule is COC(=O)c1ccc(C)c(NC(=S)Nc2ccc(F)c(Cl)c2)c1. The number of hydrogen-bond donors (Lipinski definition) is 2. The number of aryl methyl sites for hydroxylation is 1. The van der Waals surface area contributed by atoms with Gasteiger partial charge < -0.3 is 15.4 Å². The summed E-state index contributed by atoms with van der Waals surface area (Å²) in [5.41, 5.74) is 2.53. The molecule has 2 N–H and O–H groups in total. The molecule has 2 aromatic rings. The summed E-state index contributed by atoms with van der Waals surface area (Å²) >= 11 is 10.9. The number of esters is 1. The van der Waals surface area contributed by atoms with Crippen LogP contribution >= 0.6 is 23.8 Å². The molecule has 0 atom stereocenters. The van der Waals surface area contributed by atoms with Crippen LogP contribution in [0.2, 0.25) is 5.02 Å². The quantitative estimate of drug-likeness (QED) is 0.634. The predicted octanol–water partition coefficient (Wildman–Crippen LogP) is 4.38. The van der Waals surface area contributed by atoms with Crippen molar-refractivity contribution in [1.82, 2.24) is 0 Å². The van der Waals surface area contributed by atoms with Crippen LogP contribution in [0, 0.1) is 12.7 Å². The van der Waals surface area contributed by atoms with E-state index in [9.17, 15) is 9.18 Å². The Kier molecular flexibility index (Phi) is 5.52. The molecule has 2 aromatic carbocycles. The van der Waals surface area contributed by atoms with E-state index in [1.165, 1.54) is 25.3 Å². The second-order valence-electron chi connectivity index (χ2n) is 4.73. The summed E-state index contributed by atoms with van der Waals surface area (Å²) in [6.07, 6.45) is 0. The number of ether oxygens (including phenoxy) is 1. The number of halogens is 2. The first-order valence-corrected chi connectivity index (χ1v) is 7.41. The fourth-order valence-corrected chi connectivity index (χ4v) is 2.27. The molecule has 7 heteroatoms. The summed E-state index contributed by atoms with van der Waals surface area (Å²) in [5, 5.41) is 6.18. The van der Waals surface area contributed by atoms with E-state index < -0.39 is 11.8 Å². The topological polar surface area (TPSA) is 50.4 Å². The molecule has 120 valence electrons. The number of rotatable bonds is 3. The molecule has 23 heavy (non-hydrogen) atoms. The third kappa shape index (κ3) is 4.40. The largest absolute Gasteiger partial charge is 0.465 e. The zero-order valence-electron chi connectivity index (χ0n) is 12.4. The normalized spacial score (nSPS) is 10.1. The highest BCUT2D eigenvalue weighted by atomic mass is 35.5. The molecule has 0 saturated carbocycles. The van der Waals surface area contributed by atoms with Gasteiger partial charge in [-0.3, -0.25) is 0 Å². The predicted molar refractivity (Wildman–Crippen MR) is 93.8 cm³/mol. The number of hydrogen-bond acceptors (Lipinski definition) is 3. The van der Waals surface area contributed by atoms with Crippen LogP contribution in [0.15, 0.2) is 36.4 Å². The Morgan fingerprint density at radius 1 is 1.22 bits per heavy atom. The van der Waals surface area contributed by atoms with Crippen molar-refractivity contribution in [2.24, 2.45) is 0 Å². The molecule has 4 nitrogen and oxygen atoms in total. The average molecular weight is 353 g/mol. The molecule has 0 aliphatic rings. The van der Waals surface area contributed by atoms with Gasteiger partial charge in [0.25, 0.3) is 0 Å². The number of anilines is 2. The Morgan fingerprint density at radius 3 is 2.61 bits per heavy atom. The van der Waals surface area contributed by atoms with Crippen molar-refractivity contribution in [1.29, 1.82) is 0 Å². The maximum atomic E-state index is 13.1. The van der Waals surface area contributed by atoms with E-state index in [0.717, 1.165) is 5.56 Å². The van der Waals surface area contributed by atoms with Crippen LogP contribution in [0.3, 0.4) is 0 Å². The van der Waals surface area contributed by atoms with Gasteiger partial charge in [-0.2, -0.15) is 0 Å². The van der Waals surface area contributed by atoms with Crippen molar-refractivity contribution in [3.8, 4) is 0 Å². The third-order valence-corrected chi connectivity index (χ3v) is 3.58. The molecule has 0 bridgehead atoms. The third-order valence-electron chi connectivity index (χ3n) is 3.08. The van der Waals surface area contributed by atoms with Crippen LogP contribution in [-0.2, 0) is 4.74 Å². The number of benzene rings is 2. The highest BCUT2D eigenvalue weighted by molar-refractivity contribution is 7.80. The van der Waals surface area contributed by atoms with Crippen LogP contribution in [0.1, 0.15) is 15.9 Å². The van der Waals surface area contributed by atoms with Crippen molar-refractivity contribution in [2.75, 3.05) is 17.7 Å². The highest BCUT2D eigenvalue weighted by Crippen LogP contribution is 2.21. The first-order valence-electron chi connectivity index (χ1n) is 6.62. The number of thiocarbonyl (C=S) groups is 1. The van der Waals surface area contributed by atoms with E-state index in [1.54, 1.807) is 18.2 Å². The lowest BCUT2D eigenvalue weighted by Gasteiger charge is -2.13. The van der Waals surface area contributed by atoms with Gasteiger partial charge in [0, 0.05) is 11.4 Å². The van der Waals surface area contributed by atoms with Gasteiger partial charge in [0.1, 0.15) is 5.82 Å². The molecule has 0 aliphatic carbocycles. The molecule has 0 unspecified atom stereocenters. The van der Waals surface area contributed by atoms with Gasteiger partial charge >= 0.3 is 5.97 Å². The highest BCUT2D eigenvalue weighted by Gasteiger charge is 2.09. The minimum absolute atomic E-state index is 0.00155. The lowest BCUT2D eigenvalue weighted by molar-refractivity contribution is 0.0601. The summed E-state index contributed by atoms with van der Waals surface area (Å²) in [6, 6.07) is 9.30. The van der Waals surface area contributed by atoms with Gasteiger partial charge in [-0.05, 0) is 55.0 Å². The molecule has 0 radical (unpaired) electrons. The first kappa shape index (κ1) is 17.2. The zero-order valence-corrected chi connectivity index (χ0v) is 14.0. The molecule has 0 fully saturated rings. The molecular weight excluding hydrogens is 339 g/mol. The van der Waals surface area contributed by atoms with Gasteiger partial charge in [-0.15, -0.1) is 0 Å². The Bertz CT molecular complexity index is 768. The monoisotopic (exact) mass is 352 g/mol. The number of carbonyl (C=O) groups excluding carboxylic acids is 1. The van der Waals surface area contributed by atoms with E-state index in [0.29, 0.717) is 16.9 Å². The van der Waals surface area contributed by atoms with Crippen LogP contribution in [0.4, 0.5) is 15.8 Å². The van der Waals surface area contributed by atoms with E-state index in [4.69, 9.17) is 28.6 Å². The zero-order chi connectivity index (χ0) is 17.0. The van der Waals surface area contributed by atoms with Crippen molar-refractivity contribution < 1.29 is 13.9 Å². The second-order valence-corrected chi connectivity index (χ2v) is 5.54. The van der Waals surface area contributed by atoms with E-state index in [-0.39, 0.29) is 10.1 Å². The minimum atomic E-state index is -0.502. The smallest absolute Gasteiger partial charge is 0.337 e. The molecule has 0 amide bonds. The van der Waals surface area contributed by atoms with E-state index >= 15 is 0 Å². The maximum absolute atomic E-state index is 13.1. The van der Waals surface area contributed by atoms with Gasteiger partial charge in [-0.1, -0.05) is 17.7 Å². The summed E-state index contributed by atoms with van der Waals surface area (Å²) in [7, 11) is 1.32. The molecule has 0 heterocycles. The van der Waals surface area contributed by atoms with Crippen LogP contribution < -0.4 is 10.6 Å². The minimum Gasteiger partial charge on any atom is -0.465 e. The lowest BCUT2D eigenvalue weighted by atomic mass is 10.1. The van der Waals surface area contributed by atoms with Gasteiger partial charge in [-0.25, -0.2) is 9.18 Å². The standard InChI is InChI=1S/C16H14ClFN2O2S/c1-9-3-4-10(15(21)22-2)7-14(9)20-16(23)19-11-5-6-13(18)12(17)8-11/h3-8H,1-2H3,(H2,19,20,23). The second kappa shape index (κ2) is 7.39. The molecule has 0 saturated heterocycles. The first-order chi connectivity index (χ1) is 10.9. The van der Waals surface area contributed by atoms with Crippen molar-refractivity contribution in [3.63, 3.8) is 0 Å². The molecule has 0 aliphatic heterocycles. The Balaban J connectivity index is 2.13. The Hall–Kier alpha value is -2.18. The molecule has 0 aromatic heterocycles. The summed E-state index contributed by atoms with van der Waals surface area (Å²) < 4.78 is 17.8. The van der Waals surface area contributed by atoms with Crippen LogP contribution in [0.5, 0.6) is 0 Å². The molecule has 0 spiro atoms.